The van der Waals surface area contributed by atoms with Crippen LogP contribution in [0, 0.1) is 0 Å². The molecule has 1 N–H and O–H groups in total. The Morgan fingerprint density at radius 2 is 1.47 bits per heavy atom. The van der Waals surface area contributed by atoms with Crippen molar-refractivity contribution in [3.05, 3.63) is 83.7 Å². The first-order chi connectivity index (χ1) is 15.9. The molecule has 34 heavy (non-hydrogen) atoms. The monoisotopic (exact) mass is 459 g/mol. The van der Waals surface area contributed by atoms with Gasteiger partial charge in [0.25, 0.3) is 5.91 Å². The van der Waals surface area contributed by atoms with Crippen LogP contribution in [0.4, 0.5) is 0 Å². The number of benzene rings is 2. The summed E-state index contributed by atoms with van der Waals surface area (Å²) >= 11 is 0. The molecule has 3 aromatic rings. The molecule has 0 radical (unpaired) electrons. The van der Waals surface area contributed by atoms with E-state index in [-0.39, 0.29) is 11.3 Å². The van der Waals surface area contributed by atoms with Crippen molar-refractivity contribution in [1.82, 2.24) is 15.3 Å². The zero-order valence-corrected chi connectivity index (χ0v) is 20.8. The van der Waals surface area contributed by atoms with Crippen molar-refractivity contribution in [3.63, 3.8) is 0 Å². The average Bonchev–Trinajstić information content (AvgIpc) is 2.78. The highest BCUT2D eigenvalue weighted by Gasteiger charge is 2.27. The van der Waals surface area contributed by atoms with E-state index in [1.54, 1.807) is 30.6 Å². The quantitative estimate of drug-likeness (QED) is 0.517. The SMILES string of the molecule is CC(C)(C)OC(=O)[C@H](Cc1ccc(-c2ncccn2)cc1)NC(=O)c1ccc(C(C)(C)C)cc1. The molecule has 0 aliphatic rings. The molecule has 0 saturated carbocycles. The van der Waals surface area contributed by atoms with Gasteiger partial charge in [0, 0.05) is 29.9 Å². The number of hydrogen-bond acceptors (Lipinski definition) is 5. The van der Waals surface area contributed by atoms with Gasteiger partial charge in [-0.05, 0) is 55.5 Å². The van der Waals surface area contributed by atoms with E-state index in [9.17, 15) is 9.59 Å². The fraction of sp³-hybridized carbons (Fsp3) is 0.357. The second kappa shape index (κ2) is 10.2. The molecule has 6 nitrogen and oxygen atoms in total. The molecule has 2 aromatic carbocycles. The minimum atomic E-state index is -0.826. The number of aromatic nitrogens is 2. The third-order valence-electron chi connectivity index (χ3n) is 5.23. The van der Waals surface area contributed by atoms with E-state index in [2.05, 4.69) is 36.1 Å². The lowest BCUT2D eigenvalue weighted by Gasteiger charge is -2.25. The van der Waals surface area contributed by atoms with Gasteiger partial charge in [0.2, 0.25) is 0 Å². The third-order valence-corrected chi connectivity index (χ3v) is 5.23. The average molecular weight is 460 g/mol. The Bertz CT molecular complexity index is 1110. The number of carbonyl (C=O) groups excluding carboxylic acids is 2. The number of esters is 1. The summed E-state index contributed by atoms with van der Waals surface area (Å²) < 4.78 is 5.59. The lowest BCUT2D eigenvalue weighted by Crippen LogP contribution is -2.45. The van der Waals surface area contributed by atoms with Crippen molar-refractivity contribution in [2.75, 3.05) is 0 Å². The number of amides is 1. The van der Waals surface area contributed by atoms with Crippen LogP contribution >= 0.6 is 0 Å². The summed E-state index contributed by atoms with van der Waals surface area (Å²) in [6.07, 6.45) is 3.69. The summed E-state index contributed by atoms with van der Waals surface area (Å²) in [6, 6.07) is 16.0. The molecule has 1 amide bonds. The maximum atomic E-state index is 13.0. The maximum Gasteiger partial charge on any atom is 0.329 e. The molecular weight excluding hydrogens is 426 g/mol. The maximum absolute atomic E-state index is 13.0. The molecule has 0 aliphatic carbocycles. The van der Waals surface area contributed by atoms with E-state index in [1.807, 2.05) is 57.2 Å². The molecule has 1 aromatic heterocycles. The van der Waals surface area contributed by atoms with Crippen molar-refractivity contribution in [3.8, 4) is 11.4 Å². The first-order valence-corrected chi connectivity index (χ1v) is 11.4. The number of nitrogens with one attached hydrogen (secondary N) is 1. The fourth-order valence-corrected chi connectivity index (χ4v) is 3.40. The van der Waals surface area contributed by atoms with Crippen LogP contribution in [0.5, 0.6) is 0 Å². The standard InChI is InChI=1S/C28H33N3O3/c1-27(2,3)22-14-12-21(13-15-22)25(32)31-23(26(33)34-28(4,5)6)18-19-8-10-20(11-9-19)24-29-16-7-17-30-24/h7-17,23H,18H2,1-6H3,(H,31,32)/t23-/m0/s1. The first kappa shape index (κ1) is 25.1. The van der Waals surface area contributed by atoms with Crippen molar-refractivity contribution in [2.24, 2.45) is 0 Å². The lowest BCUT2D eigenvalue weighted by molar-refractivity contribution is -0.157. The van der Waals surface area contributed by atoms with E-state index in [0.29, 0.717) is 17.8 Å². The summed E-state index contributed by atoms with van der Waals surface area (Å²) in [6.45, 7) is 11.8. The minimum Gasteiger partial charge on any atom is -0.458 e. The Labute approximate surface area is 201 Å². The second-order valence-electron chi connectivity index (χ2n) is 10.4. The van der Waals surface area contributed by atoms with E-state index in [4.69, 9.17) is 4.74 Å². The number of hydrogen-bond donors (Lipinski definition) is 1. The molecule has 1 atom stereocenters. The van der Waals surface area contributed by atoms with Crippen molar-refractivity contribution >= 4 is 11.9 Å². The molecule has 3 rings (SSSR count). The summed E-state index contributed by atoms with van der Waals surface area (Å²) in [7, 11) is 0. The van der Waals surface area contributed by atoms with Crippen molar-refractivity contribution < 1.29 is 14.3 Å². The summed E-state index contributed by atoms with van der Waals surface area (Å²) in [5.41, 5.74) is 2.72. The highest BCUT2D eigenvalue weighted by Crippen LogP contribution is 2.22. The van der Waals surface area contributed by atoms with Crippen molar-refractivity contribution in [1.29, 1.82) is 0 Å². The van der Waals surface area contributed by atoms with Crippen LogP contribution in [-0.2, 0) is 21.4 Å². The van der Waals surface area contributed by atoms with E-state index in [0.717, 1.165) is 16.7 Å². The summed E-state index contributed by atoms with van der Waals surface area (Å²) in [5, 5.41) is 2.87. The van der Waals surface area contributed by atoms with Crippen LogP contribution in [-0.4, -0.2) is 33.5 Å². The van der Waals surface area contributed by atoms with Gasteiger partial charge in [0.15, 0.2) is 5.82 Å². The highest BCUT2D eigenvalue weighted by molar-refractivity contribution is 5.97. The molecular formula is C28H33N3O3. The van der Waals surface area contributed by atoms with Crippen LogP contribution < -0.4 is 5.32 Å². The van der Waals surface area contributed by atoms with Crippen LogP contribution in [0.15, 0.2) is 67.0 Å². The molecule has 1 heterocycles. The van der Waals surface area contributed by atoms with Crippen LogP contribution in [0.3, 0.4) is 0 Å². The Morgan fingerprint density at radius 1 is 0.882 bits per heavy atom. The Hall–Kier alpha value is -3.54. The Morgan fingerprint density at radius 3 is 2.00 bits per heavy atom. The van der Waals surface area contributed by atoms with Gasteiger partial charge in [-0.3, -0.25) is 4.79 Å². The van der Waals surface area contributed by atoms with E-state index in [1.165, 1.54) is 0 Å². The van der Waals surface area contributed by atoms with Crippen LogP contribution in [0.25, 0.3) is 11.4 Å². The molecule has 178 valence electrons. The largest absolute Gasteiger partial charge is 0.458 e. The lowest BCUT2D eigenvalue weighted by atomic mass is 9.86. The Kier molecular flexibility index (Phi) is 7.50. The topological polar surface area (TPSA) is 81.2 Å². The predicted molar refractivity (Wildman–Crippen MR) is 133 cm³/mol. The molecule has 0 fully saturated rings. The van der Waals surface area contributed by atoms with Gasteiger partial charge in [0.05, 0.1) is 0 Å². The zero-order chi connectivity index (χ0) is 24.9. The summed E-state index contributed by atoms with van der Waals surface area (Å²) in [4.78, 5) is 34.4. The molecule has 0 bridgehead atoms. The smallest absolute Gasteiger partial charge is 0.329 e. The van der Waals surface area contributed by atoms with Crippen LogP contribution in [0.2, 0.25) is 0 Å². The molecule has 0 saturated heterocycles. The third kappa shape index (κ3) is 6.98. The normalized spacial score (nSPS) is 12.6. The van der Waals surface area contributed by atoms with Gasteiger partial charge in [-0.25, -0.2) is 14.8 Å². The zero-order valence-electron chi connectivity index (χ0n) is 20.8. The number of ether oxygens (including phenoxy) is 1. The number of nitrogens with zero attached hydrogens (tertiary/aromatic N) is 2. The Balaban J connectivity index is 1.78. The molecule has 0 spiro atoms. The summed E-state index contributed by atoms with van der Waals surface area (Å²) in [5.74, 6) is -0.155. The first-order valence-electron chi connectivity index (χ1n) is 11.4. The number of carbonyl (C=O) groups is 2. The van der Waals surface area contributed by atoms with Gasteiger partial charge in [-0.1, -0.05) is 57.2 Å². The van der Waals surface area contributed by atoms with Gasteiger partial charge >= 0.3 is 5.97 Å². The highest BCUT2D eigenvalue weighted by atomic mass is 16.6. The fourth-order valence-electron chi connectivity index (χ4n) is 3.40. The van der Waals surface area contributed by atoms with Gasteiger partial charge in [0.1, 0.15) is 11.6 Å². The predicted octanol–water partition coefficient (Wildman–Crippen LogP) is 5.12. The minimum absolute atomic E-state index is 0.00892. The van der Waals surface area contributed by atoms with E-state index < -0.39 is 17.6 Å². The number of rotatable bonds is 6. The molecule has 0 unspecified atom stereocenters. The van der Waals surface area contributed by atoms with Gasteiger partial charge in [-0.15, -0.1) is 0 Å². The molecule has 0 aliphatic heterocycles. The second-order valence-corrected chi connectivity index (χ2v) is 10.4. The van der Waals surface area contributed by atoms with Crippen LogP contribution in [0.1, 0.15) is 63.0 Å². The molecule has 6 heteroatoms. The van der Waals surface area contributed by atoms with E-state index >= 15 is 0 Å². The van der Waals surface area contributed by atoms with Crippen molar-refractivity contribution in [2.45, 2.75) is 65.0 Å². The van der Waals surface area contributed by atoms with Gasteiger partial charge in [-0.2, -0.15) is 0 Å². The van der Waals surface area contributed by atoms with Gasteiger partial charge < -0.3 is 10.1 Å².